The zero-order valence-electron chi connectivity index (χ0n) is 12.6. The van der Waals surface area contributed by atoms with Gasteiger partial charge in [0.1, 0.15) is 5.75 Å². The number of unbranched alkanes of at least 4 members (excludes halogenated alkanes) is 1. The molecule has 0 saturated carbocycles. The van der Waals surface area contributed by atoms with E-state index in [1.807, 2.05) is 12.1 Å². The molecule has 1 aliphatic rings. The van der Waals surface area contributed by atoms with E-state index < -0.39 is 5.60 Å². The van der Waals surface area contributed by atoms with Gasteiger partial charge in [0.25, 0.3) is 0 Å². The Morgan fingerprint density at radius 2 is 2.00 bits per heavy atom. The molecule has 2 atom stereocenters. The van der Waals surface area contributed by atoms with Crippen LogP contribution in [0.4, 0.5) is 0 Å². The lowest BCUT2D eigenvalue weighted by Crippen LogP contribution is -2.26. The van der Waals surface area contributed by atoms with Crippen LogP contribution >= 0.6 is 0 Å². The van der Waals surface area contributed by atoms with E-state index >= 15 is 0 Å². The quantitative estimate of drug-likeness (QED) is 0.864. The van der Waals surface area contributed by atoms with Crippen molar-refractivity contribution in [2.45, 2.75) is 63.9 Å². The maximum absolute atomic E-state index is 11.1. The smallest absolute Gasteiger partial charge is 0.119 e. The molecule has 19 heavy (non-hydrogen) atoms. The van der Waals surface area contributed by atoms with E-state index in [-0.39, 0.29) is 5.41 Å². The van der Waals surface area contributed by atoms with Crippen LogP contribution in [0, 0.1) is 0 Å². The lowest BCUT2D eigenvalue weighted by Gasteiger charge is -2.28. The van der Waals surface area contributed by atoms with Gasteiger partial charge in [0, 0.05) is 0 Å². The van der Waals surface area contributed by atoms with Gasteiger partial charge in [-0.25, -0.2) is 0 Å². The molecule has 2 nitrogen and oxygen atoms in total. The number of aliphatic hydroxyl groups is 1. The third-order valence-corrected chi connectivity index (χ3v) is 4.79. The van der Waals surface area contributed by atoms with Crippen molar-refractivity contribution in [3.8, 4) is 5.75 Å². The van der Waals surface area contributed by atoms with E-state index in [0.29, 0.717) is 0 Å². The van der Waals surface area contributed by atoms with Crippen LogP contribution in [-0.4, -0.2) is 12.2 Å². The van der Waals surface area contributed by atoms with Gasteiger partial charge in [-0.3, -0.25) is 0 Å². The molecular weight excluding hydrogens is 236 g/mol. The molecule has 1 aliphatic carbocycles. The Hall–Kier alpha value is -1.02. The SMILES string of the molecule is CCCC[C@]1(O)C[C@@](C)(CC)c2ccc(OC)cc21. The first-order chi connectivity index (χ1) is 8.99. The van der Waals surface area contributed by atoms with Gasteiger partial charge in [-0.2, -0.15) is 0 Å². The molecule has 0 bridgehead atoms. The molecule has 0 aromatic heterocycles. The zero-order chi connectivity index (χ0) is 14.1. The fraction of sp³-hybridized carbons (Fsp3) is 0.647. The number of rotatable bonds is 5. The minimum absolute atomic E-state index is 0.0874. The van der Waals surface area contributed by atoms with Gasteiger partial charge < -0.3 is 9.84 Å². The van der Waals surface area contributed by atoms with Crippen molar-refractivity contribution in [1.82, 2.24) is 0 Å². The largest absolute Gasteiger partial charge is 0.497 e. The fourth-order valence-corrected chi connectivity index (χ4v) is 3.41. The van der Waals surface area contributed by atoms with E-state index in [1.165, 1.54) is 5.56 Å². The van der Waals surface area contributed by atoms with Crippen molar-refractivity contribution < 1.29 is 9.84 Å². The molecule has 0 aliphatic heterocycles. The third-order valence-electron chi connectivity index (χ3n) is 4.79. The van der Waals surface area contributed by atoms with E-state index in [0.717, 1.165) is 43.4 Å². The summed E-state index contributed by atoms with van der Waals surface area (Å²) in [6.07, 6.45) is 4.91. The van der Waals surface area contributed by atoms with Crippen molar-refractivity contribution in [2.24, 2.45) is 0 Å². The molecule has 2 heteroatoms. The minimum Gasteiger partial charge on any atom is -0.497 e. The van der Waals surface area contributed by atoms with Crippen LogP contribution in [0.2, 0.25) is 0 Å². The highest BCUT2D eigenvalue weighted by atomic mass is 16.5. The topological polar surface area (TPSA) is 29.5 Å². The van der Waals surface area contributed by atoms with Crippen LogP contribution in [0.15, 0.2) is 18.2 Å². The summed E-state index contributed by atoms with van der Waals surface area (Å²) >= 11 is 0. The Kier molecular flexibility index (Phi) is 3.91. The Morgan fingerprint density at radius 3 is 2.58 bits per heavy atom. The molecule has 1 aromatic carbocycles. The number of hydrogen-bond acceptors (Lipinski definition) is 2. The Bertz CT molecular complexity index is 455. The first-order valence-electron chi connectivity index (χ1n) is 7.40. The molecule has 0 heterocycles. The summed E-state index contributed by atoms with van der Waals surface area (Å²) in [5.74, 6) is 0.842. The molecule has 0 fully saturated rings. The normalized spacial score (nSPS) is 29.3. The van der Waals surface area contributed by atoms with Crippen molar-refractivity contribution in [2.75, 3.05) is 7.11 Å². The summed E-state index contributed by atoms with van der Waals surface area (Å²) in [6, 6.07) is 6.19. The molecule has 106 valence electrons. The average Bonchev–Trinajstić information content (AvgIpc) is 2.66. The third kappa shape index (κ3) is 2.38. The molecule has 0 amide bonds. The van der Waals surface area contributed by atoms with Gasteiger partial charge in [0.05, 0.1) is 12.7 Å². The van der Waals surface area contributed by atoms with Crippen molar-refractivity contribution >= 4 is 0 Å². The highest BCUT2D eigenvalue weighted by Crippen LogP contribution is 2.52. The molecule has 0 radical (unpaired) electrons. The van der Waals surface area contributed by atoms with E-state index in [2.05, 4.69) is 26.8 Å². The first kappa shape index (κ1) is 14.4. The number of fused-ring (bicyclic) bond motifs is 1. The average molecular weight is 262 g/mol. The summed E-state index contributed by atoms with van der Waals surface area (Å²) in [7, 11) is 1.68. The summed E-state index contributed by atoms with van der Waals surface area (Å²) in [4.78, 5) is 0. The number of benzene rings is 1. The van der Waals surface area contributed by atoms with Crippen molar-refractivity contribution in [3.05, 3.63) is 29.3 Å². The number of hydrogen-bond donors (Lipinski definition) is 1. The molecule has 0 saturated heterocycles. The van der Waals surface area contributed by atoms with Crippen LogP contribution in [0.25, 0.3) is 0 Å². The Balaban J connectivity index is 2.47. The zero-order valence-corrected chi connectivity index (χ0v) is 12.6. The predicted molar refractivity (Wildman–Crippen MR) is 78.7 cm³/mol. The second-order valence-electron chi connectivity index (χ2n) is 6.14. The van der Waals surface area contributed by atoms with E-state index in [4.69, 9.17) is 4.74 Å². The second kappa shape index (κ2) is 5.16. The Labute approximate surface area is 116 Å². The number of ether oxygens (including phenoxy) is 1. The summed E-state index contributed by atoms with van der Waals surface area (Å²) < 4.78 is 5.33. The first-order valence-corrected chi connectivity index (χ1v) is 7.40. The van der Waals surface area contributed by atoms with E-state index in [9.17, 15) is 5.11 Å². The van der Waals surface area contributed by atoms with E-state index in [1.54, 1.807) is 7.11 Å². The van der Waals surface area contributed by atoms with Gasteiger partial charge in [-0.15, -0.1) is 0 Å². The predicted octanol–water partition coefficient (Wildman–Crippen LogP) is 4.14. The number of methoxy groups -OCH3 is 1. The van der Waals surface area contributed by atoms with Crippen LogP contribution in [0.1, 0.15) is 64.0 Å². The minimum atomic E-state index is -0.676. The monoisotopic (exact) mass is 262 g/mol. The fourth-order valence-electron chi connectivity index (χ4n) is 3.41. The highest BCUT2D eigenvalue weighted by molar-refractivity contribution is 5.48. The molecule has 0 spiro atoms. The summed E-state index contributed by atoms with van der Waals surface area (Å²) in [5.41, 5.74) is 1.80. The highest BCUT2D eigenvalue weighted by Gasteiger charge is 2.47. The van der Waals surface area contributed by atoms with Crippen LogP contribution in [0.5, 0.6) is 5.75 Å². The van der Waals surface area contributed by atoms with Gasteiger partial charge >= 0.3 is 0 Å². The van der Waals surface area contributed by atoms with Crippen LogP contribution in [-0.2, 0) is 11.0 Å². The standard InChI is InChI=1S/C17H26O2/c1-5-7-10-17(18)12-16(3,6-2)14-9-8-13(19-4)11-15(14)17/h8-9,11,18H,5-7,10,12H2,1-4H3/t16-,17+/m1/s1. The van der Waals surface area contributed by atoms with Gasteiger partial charge in [0.2, 0.25) is 0 Å². The molecule has 0 unspecified atom stereocenters. The lowest BCUT2D eigenvalue weighted by atomic mass is 9.80. The van der Waals surface area contributed by atoms with Gasteiger partial charge in [-0.1, -0.05) is 39.7 Å². The van der Waals surface area contributed by atoms with Crippen molar-refractivity contribution in [1.29, 1.82) is 0 Å². The van der Waals surface area contributed by atoms with Crippen LogP contribution < -0.4 is 4.74 Å². The summed E-state index contributed by atoms with van der Waals surface area (Å²) in [5, 5.41) is 11.1. The summed E-state index contributed by atoms with van der Waals surface area (Å²) in [6.45, 7) is 6.64. The molecule has 2 rings (SSSR count). The van der Waals surface area contributed by atoms with Crippen molar-refractivity contribution in [3.63, 3.8) is 0 Å². The maximum atomic E-state index is 11.1. The Morgan fingerprint density at radius 1 is 1.26 bits per heavy atom. The van der Waals surface area contributed by atoms with Crippen LogP contribution in [0.3, 0.4) is 0 Å². The lowest BCUT2D eigenvalue weighted by molar-refractivity contribution is 0.0123. The molecule has 1 N–H and O–H groups in total. The van der Waals surface area contributed by atoms with Gasteiger partial charge in [0.15, 0.2) is 0 Å². The van der Waals surface area contributed by atoms with Gasteiger partial charge in [-0.05, 0) is 47.9 Å². The second-order valence-corrected chi connectivity index (χ2v) is 6.14. The maximum Gasteiger partial charge on any atom is 0.119 e. The molecule has 1 aromatic rings. The molecular formula is C17H26O2.